The summed E-state index contributed by atoms with van der Waals surface area (Å²) >= 11 is 0. The first kappa shape index (κ1) is 21.0. The van der Waals surface area contributed by atoms with Gasteiger partial charge in [-0.3, -0.25) is 19.2 Å². The van der Waals surface area contributed by atoms with Gasteiger partial charge in [0.05, 0.1) is 5.69 Å². The molecule has 3 unspecified atom stereocenters. The van der Waals surface area contributed by atoms with E-state index in [1.165, 1.54) is 17.9 Å². The van der Waals surface area contributed by atoms with Crippen LogP contribution in [-0.4, -0.2) is 34.2 Å². The first-order valence-electron chi connectivity index (χ1n) is 10.6. The highest BCUT2D eigenvalue weighted by Gasteiger charge is 2.78. The van der Waals surface area contributed by atoms with E-state index < -0.39 is 40.4 Å². The van der Waals surface area contributed by atoms with E-state index >= 15 is 0 Å². The molecule has 3 aliphatic rings. The lowest BCUT2D eigenvalue weighted by Crippen LogP contribution is -2.63. The Morgan fingerprint density at radius 1 is 0.939 bits per heavy atom. The number of allylic oxidation sites excluding steroid dienone is 2. The number of benzene rings is 2. The summed E-state index contributed by atoms with van der Waals surface area (Å²) in [5, 5.41) is 12.2. The SMILES string of the molecule is CC(=O)C1=C(C)N(c2ccc(C)cc2)C2(O)C=CC(=O)C3C(=O)N(c4ccccc4)C(=O)C132. The molecular formula is C26H22N2O5. The molecule has 7 heteroatoms. The quantitative estimate of drug-likeness (QED) is 0.580. The average molecular weight is 442 g/mol. The Morgan fingerprint density at radius 3 is 2.18 bits per heavy atom. The molecule has 2 aromatic rings. The highest BCUT2D eigenvalue weighted by molar-refractivity contribution is 6.35. The van der Waals surface area contributed by atoms with Crippen LogP contribution < -0.4 is 9.80 Å². The van der Waals surface area contributed by atoms with Gasteiger partial charge in [-0.1, -0.05) is 35.9 Å². The normalized spacial score (nSPS) is 28.5. The highest BCUT2D eigenvalue weighted by atomic mass is 16.3. The van der Waals surface area contributed by atoms with Crippen LogP contribution >= 0.6 is 0 Å². The molecule has 1 N–H and O–H groups in total. The summed E-state index contributed by atoms with van der Waals surface area (Å²) in [6.45, 7) is 4.83. The summed E-state index contributed by atoms with van der Waals surface area (Å²) in [5.41, 5.74) is -2.11. The minimum atomic E-state index is -2.12. The summed E-state index contributed by atoms with van der Waals surface area (Å²) in [6, 6.07) is 15.5. The molecule has 2 amide bonds. The molecule has 7 nitrogen and oxygen atoms in total. The molecular weight excluding hydrogens is 420 g/mol. The second-order valence-electron chi connectivity index (χ2n) is 8.70. The predicted molar refractivity (Wildman–Crippen MR) is 121 cm³/mol. The van der Waals surface area contributed by atoms with Crippen molar-refractivity contribution in [3.63, 3.8) is 0 Å². The van der Waals surface area contributed by atoms with Gasteiger partial charge in [0.1, 0.15) is 5.92 Å². The number of aliphatic hydroxyl groups is 1. The van der Waals surface area contributed by atoms with Gasteiger partial charge in [-0.2, -0.15) is 0 Å². The zero-order valence-electron chi connectivity index (χ0n) is 18.4. The van der Waals surface area contributed by atoms with E-state index in [2.05, 4.69) is 0 Å². The van der Waals surface area contributed by atoms with Gasteiger partial charge in [-0.25, -0.2) is 4.90 Å². The largest absolute Gasteiger partial charge is 0.366 e. The molecule has 1 spiro atoms. The van der Waals surface area contributed by atoms with Crippen LogP contribution in [-0.2, 0) is 19.2 Å². The van der Waals surface area contributed by atoms with Crippen LogP contribution in [0.1, 0.15) is 19.4 Å². The molecule has 3 atom stereocenters. The van der Waals surface area contributed by atoms with E-state index in [9.17, 15) is 24.3 Å². The maximum atomic E-state index is 14.1. The molecule has 0 saturated carbocycles. The van der Waals surface area contributed by atoms with Crippen molar-refractivity contribution >= 4 is 34.8 Å². The third-order valence-electron chi connectivity index (χ3n) is 6.88. The maximum absolute atomic E-state index is 14.1. The Kier molecular flexibility index (Phi) is 4.35. The van der Waals surface area contributed by atoms with E-state index in [1.807, 2.05) is 19.1 Å². The highest BCUT2D eigenvalue weighted by Crippen LogP contribution is 2.62. The summed E-state index contributed by atoms with van der Waals surface area (Å²) in [5.74, 6) is -4.19. The zero-order valence-corrected chi connectivity index (χ0v) is 18.4. The van der Waals surface area contributed by atoms with Crippen molar-refractivity contribution in [2.75, 3.05) is 9.80 Å². The van der Waals surface area contributed by atoms with Gasteiger partial charge < -0.3 is 10.0 Å². The monoisotopic (exact) mass is 442 g/mol. The van der Waals surface area contributed by atoms with Crippen molar-refractivity contribution in [3.8, 4) is 0 Å². The maximum Gasteiger partial charge on any atom is 0.251 e. The fraction of sp³-hybridized carbons (Fsp3) is 0.231. The van der Waals surface area contributed by atoms with E-state index in [-0.39, 0.29) is 11.3 Å². The number of amides is 2. The van der Waals surface area contributed by atoms with Gasteiger partial charge in [0, 0.05) is 17.0 Å². The van der Waals surface area contributed by atoms with Crippen LogP contribution in [0, 0.1) is 18.3 Å². The van der Waals surface area contributed by atoms with E-state index in [0.29, 0.717) is 11.4 Å². The second kappa shape index (κ2) is 6.83. The summed E-state index contributed by atoms with van der Waals surface area (Å²) in [7, 11) is 0. The number of rotatable bonds is 3. The van der Waals surface area contributed by atoms with E-state index in [1.54, 1.807) is 49.4 Å². The number of ketones is 2. The van der Waals surface area contributed by atoms with Gasteiger partial charge in [0.15, 0.2) is 22.7 Å². The van der Waals surface area contributed by atoms with Crippen molar-refractivity contribution in [3.05, 3.63) is 83.6 Å². The van der Waals surface area contributed by atoms with Crippen molar-refractivity contribution in [2.45, 2.75) is 26.5 Å². The number of anilines is 2. The van der Waals surface area contributed by atoms with Gasteiger partial charge in [0.25, 0.3) is 5.91 Å². The topological polar surface area (TPSA) is 95.0 Å². The third kappa shape index (κ3) is 2.42. The van der Waals surface area contributed by atoms with Crippen molar-refractivity contribution in [1.82, 2.24) is 0 Å². The Labute approximate surface area is 190 Å². The zero-order chi connectivity index (χ0) is 23.7. The van der Waals surface area contributed by atoms with Gasteiger partial charge >= 0.3 is 0 Å². The molecule has 5 rings (SSSR count). The smallest absolute Gasteiger partial charge is 0.251 e. The molecule has 2 aliphatic heterocycles. The lowest BCUT2D eigenvalue weighted by molar-refractivity contribution is -0.147. The number of nitrogens with zero attached hydrogens (tertiary/aromatic N) is 2. The van der Waals surface area contributed by atoms with Crippen LogP contribution in [0.25, 0.3) is 0 Å². The van der Waals surface area contributed by atoms with Crippen LogP contribution in [0.2, 0.25) is 0 Å². The minimum absolute atomic E-state index is 0.0231. The molecule has 166 valence electrons. The summed E-state index contributed by atoms with van der Waals surface area (Å²) < 4.78 is 0. The molecule has 0 aromatic heterocycles. The van der Waals surface area contributed by atoms with Crippen LogP contribution in [0.5, 0.6) is 0 Å². The number of Topliss-reactive ketones (excluding diaryl/α,β-unsaturated/α-hetero) is 1. The molecule has 1 saturated heterocycles. The summed E-state index contributed by atoms with van der Waals surface area (Å²) in [4.78, 5) is 56.3. The molecule has 0 radical (unpaired) electrons. The third-order valence-corrected chi connectivity index (χ3v) is 6.88. The van der Waals surface area contributed by atoms with Crippen molar-refractivity contribution in [1.29, 1.82) is 0 Å². The fourth-order valence-corrected chi connectivity index (χ4v) is 5.62. The van der Waals surface area contributed by atoms with Gasteiger partial charge in [-0.15, -0.1) is 0 Å². The molecule has 2 heterocycles. The number of imide groups is 1. The van der Waals surface area contributed by atoms with E-state index in [0.717, 1.165) is 16.5 Å². The minimum Gasteiger partial charge on any atom is -0.366 e. The molecule has 1 aliphatic carbocycles. The number of hydrogen-bond acceptors (Lipinski definition) is 6. The average Bonchev–Trinajstić information content (AvgIpc) is 3.14. The Bertz CT molecular complexity index is 1290. The van der Waals surface area contributed by atoms with Crippen molar-refractivity contribution < 1.29 is 24.3 Å². The second-order valence-corrected chi connectivity index (χ2v) is 8.70. The van der Waals surface area contributed by atoms with Gasteiger partial charge in [-0.05, 0) is 57.2 Å². The molecule has 1 fully saturated rings. The number of para-hydroxylation sites is 1. The molecule has 33 heavy (non-hydrogen) atoms. The van der Waals surface area contributed by atoms with Crippen molar-refractivity contribution in [2.24, 2.45) is 11.3 Å². The Morgan fingerprint density at radius 2 is 1.58 bits per heavy atom. The number of carbonyl (C=O) groups is 4. The Balaban J connectivity index is 1.83. The standard InChI is InChI=1S/C26H22N2O5/c1-15-9-11-19(12-10-15)28-16(2)21(17(3)29)26-22(20(30)13-14-25(26,28)33)23(31)27(24(26)32)18-7-5-4-6-8-18/h4-14,22,33H,1-3H3. The fourth-order valence-electron chi connectivity index (χ4n) is 5.62. The molecule has 0 bridgehead atoms. The number of hydrogen-bond donors (Lipinski definition) is 1. The first-order chi connectivity index (χ1) is 15.7. The predicted octanol–water partition coefficient (Wildman–Crippen LogP) is 2.68. The lowest BCUT2D eigenvalue weighted by atomic mass is 9.61. The Hall–Kier alpha value is -3.84. The van der Waals surface area contributed by atoms with Crippen LogP contribution in [0.15, 0.2) is 78.0 Å². The van der Waals surface area contributed by atoms with Crippen LogP contribution in [0.3, 0.4) is 0 Å². The van der Waals surface area contributed by atoms with E-state index in [4.69, 9.17) is 0 Å². The lowest BCUT2D eigenvalue weighted by Gasteiger charge is -2.46. The van der Waals surface area contributed by atoms with Gasteiger partial charge in [0.2, 0.25) is 5.91 Å². The summed E-state index contributed by atoms with van der Waals surface area (Å²) in [6.07, 6.45) is 2.38. The number of carbonyl (C=O) groups excluding carboxylic acids is 4. The van der Waals surface area contributed by atoms with Crippen LogP contribution in [0.4, 0.5) is 11.4 Å². The molecule has 2 aromatic carbocycles. The number of aryl methyl sites for hydroxylation is 1. The first-order valence-corrected chi connectivity index (χ1v) is 10.6.